The number of amides is 1. The van der Waals surface area contributed by atoms with Crippen molar-refractivity contribution in [3.8, 4) is 0 Å². The zero-order valence-corrected chi connectivity index (χ0v) is 14.4. The van der Waals surface area contributed by atoms with Crippen molar-refractivity contribution in [2.75, 3.05) is 38.1 Å². The van der Waals surface area contributed by atoms with Crippen molar-refractivity contribution in [3.63, 3.8) is 0 Å². The molecule has 1 N–H and O–H groups in total. The lowest BCUT2D eigenvalue weighted by molar-refractivity contribution is -0.923. The van der Waals surface area contributed by atoms with Crippen LogP contribution >= 0.6 is 0 Å². The number of aryl methyl sites for hydroxylation is 1. The number of nitrogens with zero attached hydrogens (tertiary/aromatic N) is 2. The Labute approximate surface area is 137 Å². The first-order valence-electron chi connectivity index (χ1n) is 7.97. The topological polar surface area (TPSA) is 67.8 Å². The summed E-state index contributed by atoms with van der Waals surface area (Å²) in [7, 11) is 0. The van der Waals surface area contributed by atoms with Crippen molar-refractivity contribution in [2.45, 2.75) is 27.7 Å². The normalized spacial score (nSPS) is 10.8. The van der Waals surface area contributed by atoms with Crippen LogP contribution in [-0.4, -0.2) is 49.4 Å². The molecule has 0 aliphatic heterocycles. The number of nitrogens with one attached hydrogen (secondary N) is 1. The van der Waals surface area contributed by atoms with Gasteiger partial charge in [0, 0.05) is 5.69 Å². The Balaban J connectivity index is 2.57. The Morgan fingerprint density at radius 1 is 1.26 bits per heavy atom. The van der Waals surface area contributed by atoms with E-state index in [4.69, 9.17) is 4.74 Å². The molecule has 126 valence electrons. The number of carbonyl (C=O) groups is 1. The molecule has 0 bridgehead atoms. The summed E-state index contributed by atoms with van der Waals surface area (Å²) in [4.78, 5) is 25.8. The van der Waals surface area contributed by atoms with Gasteiger partial charge in [-0.2, -0.15) is 4.99 Å². The van der Waals surface area contributed by atoms with Crippen LogP contribution in [0.25, 0.3) is 0 Å². The number of likely N-dealkylation sites (N-methyl/N-ethyl adjacent to an activating group) is 1. The summed E-state index contributed by atoms with van der Waals surface area (Å²) in [5, 5.41) is 2.65. The summed E-state index contributed by atoms with van der Waals surface area (Å²) >= 11 is 0. The molecule has 0 spiro atoms. The van der Waals surface area contributed by atoms with Gasteiger partial charge >= 0.3 is 6.09 Å². The van der Waals surface area contributed by atoms with Crippen LogP contribution < -0.4 is 5.32 Å². The van der Waals surface area contributed by atoms with Crippen LogP contribution in [0.4, 0.5) is 16.2 Å². The molecule has 1 aromatic rings. The van der Waals surface area contributed by atoms with E-state index in [-0.39, 0.29) is 0 Å². The van der Waals surface area contributed by atoms with Crippen LogP contribution in [0.3, 0.4) is 0 Å². The molecule has 23 heavy (non-hydrogen) atoms. The van der Waals surface area contributed by atoms with Crippen molar-refractivity contribution in [1.82, 2.24) is 0 Å². The standard InChI is InChI=1S/C17H25N3O3/c1-5-20(6-2,7-3)10-11-23-17(22)19-15-9-8-14(4)16(12-15)18-13-21/h8-9,12H,5-7,10-11H2,1-4H3/p+1. The molecule has 0 unspecified atom stereocenters. The van der Waals surface area contributed by atoms with Gasteiger partial charge in [-0.3, -0.25) is 5.32 Å². The summed E-state index contributed by atoms with van der Waals surface area (Å²) in [5.41, 5.74) is 1.86. The number of quaternary nitrogens is 1. The number of aliphatic imine (C=N–C) groups is 1. The Kier molecular flexibility index (Phi) is 7.45. The third kappa shape index (κ3) is 5.51. The Morgan fingerprint density at radius 2 is 1.91 bits per heavy atom. The van der Waals surface area contributed by atoms with E-state index in [1.165, 1.54) is 6.08 Å². The van der Waals surface area contributed by atoms with Crippen molar-refractivity contribution in [3.05, 3.63) is 23.8 Å². The summed E-state index contributed by atoms with van der Waals surface area (Å²) in [6.45, 7) is 12.5. The molecular formula is C17H26N3O3+. The quantitative estimate of drug-likeness (QED) is 0.453. The first-order chi connectivity index (χ1) is 11.0. The van der Waals surface area contributed by atoms with E-state index in [1.54, 1.807) is 18.2 Å². The minimum absolute atomic E-state index is 0.368. The molecule has 1 amide bonds. The van der Waals surface area contributed by atoms with Crippen LogP contribution in [0.1, 0.15) is 26.3 Å². The fraction of sp³-hybridized carbons (Fsp3) is 0.529. The van der Waals surface area contributed by atoms with E-state index in [0.717, 1.165) is 36.2 Å². The highest BCUT2D eigenvalue weighted by Crippen LogP contribution is 2.22. The minimum Gasteiger partial charge on any atom is -0.443 e. The van der Waals surface area contributed by atoms with Crippen molar-refractivity contribution >= 4 is 23.5 Å². The second kappa shape index (κ2) is 9.08. The third-order valence-electron chi connectivity index (χ3n) is 4.43. The Hall–Kier alpha value is -2.17. The van der Waals surface area contributed by atoms with Gasteiger partial charge in [-0.15, -0.1) is 0 Å². The van der Waals surface area contributed by atoms with Gasteiger partial charge in [-0.05, 0) is 45.4 Å². The lowest BCUT2D eigenvalue weighted by Gasteiger charge is -2.35. The van der Waals surface area contributed by atoms with E-state index in [9.17, 15) is 9.59 Å². The highest BCUT2D eigenvalue weighted by Gasteiger charge is 2.20. The molecule has 0 aliphatic carbocycles. The zero-order chi connectivity index (χ0) is 17.3. The highest BCUT2D eigenvalue weighted by molar-refractivity contribution is 5.85. The van der Waals surface area contributed by atoms with Gasteiger partial charge in [0.1, 0.15) is 13.2 Å². The first-order valence-corrected chi connectivity index (χ1v) is 7.97. The molecule has 0 saturated carbocycles. The monoisotopic (exact) mass is 320 g/mol. The van der Waals surface area contributed by atoms with Gasteiger partial charge in [-0.25, -0.2) is 9.59 Å². The summed E-state index contributed by atoms with van der Waals surface area (Å²) in [5.74, 6) is 0. The van der Waals surface area contributed by atoms with Gasteiger partial charge in [0.05, 0.1) is 25.3 Å². The van der Waals surface area contributed by atoms with E-state index in [0.29, 0.717) is 18.0 Å². The van der Waals surface area contributed by atoms with Gasteiger partial charge in [0.25, 0.3) is 0 Å². The molecule has 0 fully saturated rings. The van der Waals surface area contributed by atoms with Crippen molar-refractivity contribution < 1.29 is 18.8 Å². The molecule has 0 aliphatic rings. The number of hydrogen-bond acceptors (Lipinski definition) is 4. The second-order valence-corrected chi connectivity index (χ2v) is 5.48. The van der Waals surface area contributed by atoms with E-state index < -0.39 is 6.09 Å². The van der Waals surface area contributed by atoms with Crippen LogP contribution in [0.2, 0.25) is 0 Å². The predicted molar refractivity (Wildman–Crippen MR) is 90.7 cm³/mol. The lowest BCUT2D eigenvalue weighted by Crippen LogP contribution is -2.49. The smallest absolute Gasteiger partial charge is 0.411 e. The molecule has 6 nitrogen and oxygen atoms in total. The number of rotatable bonds is 8. The maximum Gasteiger partial charge on any atom is 0.411 e. The maximum atomic E-state index is 11.9. The minimum atomic E-state index is -0.503. The molecule has 0 radical (unpaired) electrons. The number of anilines is 1. The molecule has 0 aromatic heterocycles. The SMILES string of the molecule is CC[N+](CC)(CC)CCOC(=O)Nc1ccc(C)c(N=C=O)c1. The molecule has 0 heterocycles. The Bertz CT molecular complexity index is 568. The van der Waals surface area contributed by atoms with Crippen LogP contribution in [0.5, 0.6) is 0 Å². The van der Waals surface area contributed by atoms with Crippen LogP contribution in [-0.2, 0) is 9.53 Å². The summed E-state index contributed by atoms with van der Waals surface area (Å²) < 4.78 is 6.19. The number of ether oxygens (including phenoxy) is 1. The van der Waals surface area contributed by atoms with Crippen LogP contribution in [0.15, 0.2) is 23.2 Å². The van der Waals surface area contributed by atoms with Crippen LogP contribution in [0, 0.1) is 6.92 Å². The number of benzene rings is 1. The molecule has 6 heteroatoms. The number of hydrogen-bond donors (Lipinski definition) is 1. The average molecular weight is 320 g/mol. The number of isocyanates is 1. The molecule has 1 aromatic carbocycles. The Morgan fingerprint density at radius 3 is 2.48 bits per heavy atom. The fourth-order valence-electron chi connectivity index (χ4n) is 2.49. The van der Waals surface area contributed by atoms with Crippen molar-refractivity contribution in [2.24, 2.45) is 4.99 Å². The van der Waals surface area contributed by atoms with Gasteiger partial charge in [0.2, 0.25) is 6.08 Å². The first kappa shape index (κ1) is 18.9. The fourth-order valence-corrected chi connectivity index (χ4v) is 2.49. The van der Waals surface area contributed by atoms with Gasteiger partial charge in [-0.1, -0.05) is 6.07 Å². The van der Waals surface area contributed by atoms with E-state index in [1.807, 2.05) is 6.92 Å². The largest absolute Gasteiger partial charge is 0.443 e. The van der Waals surface area contributed by atoms with Crippen molar-refractivity contribution in [1.29, 1.82) is 0 Å². The highest BCUT2D eigenvalue weighted by atomic mass is 16.5. The zero-order valence-electron chi connectivity index (χ0n) is 14.4. The maximum absolute atomic E-state index is 11.9. The molecular weight excluding hydrogens is 294 g/mol. The predicted octanol–water partition coefficient (Wildman–Crippen LogP) is 3.39. The van der Waals surface area contributed by atoms with Gasteiger partial charge in [0.15, 0.2) is 0 Å². The molecule has 1 rings (SSSR count). The number of carbonyl (C=O) groups excluding carboxylic acids is 2. The molecule has 0 saturated heterocycles. The van der Waals surface area contributed by atoms with E-state index >= 15 is 0 Å². The lowest BCUT2D eigenvalue weighted by atomic mass is 10.2. The average Bonchev–Trinajstić information content (AvgIpc) is 2.55. The summed E-state index contributed by atoms with van der Waals surface area (Å²) in [6, 6.07) is 5.13. The second-order valence-electron chi connectivity index (χ2n) is 5.48. The van der Waals surface area contributed by atoms with Gasteiger partial charge < -0.3 is 9.22 Å². The third-order valence-corrected chi connectivity index (χ3v) is 4.43. The summed E-state index contributed by atoms with van der Waals surface area (Å²) in [6.07, 6.45) is 1.00. The molecule has 0 atom stereocenters. The van der Waals surface area contributed by atoms with E-state index in [2.05, 4.69) is 31.1 Å².